The molecule has 5 rings (SSSR count). The van der Waals surface area contributed by atoms with Crippen molar-refractivity contribution in [1.82, 2.24) is 35.5 Å². The second-order valence-corrected chi connectivity index (χ2v) is 8.97. The van der Waals surface area contributed by atoms with Crippen LogP contribution in [0.15, 0.2) is 67.1 Å². The maximum Gasteiger partial charge on any atom is 0.231 e. The lowest BCUT2D eigenvalue weighted by atomic mass is 9.78. The van der Waals surface area contributed by atoms with Crippen molar-refractivity contribution in [2.24, 2.45) is 5.41 Å². The highest BCUT2D eigenvalue weighted by molar-refractivity contribution is 5.50. The largest absolute Gasteiger partial charge is 0.454 e. The zero-order valence-corrected chi connectivity index (χ0v) is 19.3. The van der Waals surface area contributed by atoms with Crippen LogP contribution < -0.4 is 14.8 Å². The Bertz CT molecular complexity index is 1230. The molecule has 9 nitrogen and oxygen atoms in total. The molecular formula is C25H27N7O2. The molecule has 2 aromatic carbocycles. The van der Waals surface area contributed by atoms with Gasteiger partial charge in [-0.2, -0.15) is 4.68 Å². The number of benzene rings is 2. The van der Waals surface area contributed by atoms with Gasteiger partial charge in [0.15, 0.2) is 17.3 Å². The highest BCUT2D eigenvalue weighted by Crippen LogP contribution is 2.38. The third-order valence-electron chi connectivity index (χ3n) is 5.98. The fraction of sp³-hybridized carbons (Fsp3) is 0.320. The van der Waals surface area contributed by atoms with Crippen LogP contribution in [0.4, 0.5) is 0 Å². The van der Waals surface area contributed by atoms with Crippen LogP contribution in [0.1, 0.15) is 37.0 Å². The molecule has 0 saturated carbocycles. The molecule has 0 radical (unpaired) electrons. The Balaban J connectivity index is 1.45. The third kappa shape index (κ3) is 4.74. The fourth-order valence-electron chi connectivity index (χ4n) is 4.32. The SMILES string of the molecule is CC(C)(Cc1ccccc1)C(NCCc1cnccn1)c1nnnn1-c1ccc2c(c1)OCO2. The Labute approximate surface area is 198 Å². The molecule has 0 spiro atoms. The minimum Gasteiger partial charge on any atom is -0.454 e. The first kappa shape index (κ1) is 22.0. The van der Waals surface area contributed by atoms with E-state index in [0.29, 0.717) is 12.3 Å². The highest BCUT2D eigenvalue weighted by atomic mass is 16.7. The van der Waals surface area contributed by atoms with E-state index >= 15 is 0 Å². The number of fused-ring (bicyclic) bond motifs is 1. The van der Waals surface area contributed by atoms with Crippen LogP contribution in [0.3, 0.4) is 0 Å². The van der Waals surface area contributed by atoms with Crippen LogP contribution in [0.2, 0.25) is 0 Å². The predicted molar refractivity (Wildman–Crippen MR) is 126 cm³/mol. The average Bonchev–Trinajstić information content (AvgIpc) is 3.52. The summed E-state index contributed by atoms with van der Waals surface area (Å²) in [6.07, 6.45) is 6.79. The summed E-state index contributed by atoms with van der Waals surface area (Å²) in [7, 11) is 0. The second kappa shape index (κ2) is 9.56. The summed E-state index contributed by atoms with van der Waals surface area (Å²) in [4.78, 5) is 8.56. The minimum absolute atomic E-state index is 0.134. The summed E-state index contributed by atoms with van der Waals surface area (Å²) in [5.41, 5.74) is 2.81. The number of hydrogen-bond acceptors (Lipinski definition) is 8. The third-order valence-corrected chi connectivity index (χ3v) is 5.98. The molecule has 2 aromatic heterocycles. The van der Waals surface area contributed by atoms with Gasteiger partial charge < -0.3 is 14.8 Å². The molecule has 1 atom stereocenters. The molecule has 0 saturated heterocycles. The van der Waals surface area contributed by atoms with E-state index in [0.717, 1.165) is 35.8 Å². The molecule has 1 N–H and O–H groups in total. The number of nitrogens with one attached hydrogen (secondary N) is 1. The van der Waals surface area contributed by atoms with E-state index in [-0.39, 0.29) is 18.2 Å². The van der Waals surface area contributed by atoms with Gasteiger partial charge in [0.25, 0.3) is 0 Å². The molecule has 174 valence electrons. The topological polar surface area (TPSA) is 99.9 Å². The normalized spacial score (nSPS) is 13.7. The number of hydrogen-bond donors (Lipinski definition) is 1. The van der Waals surface area contributed by atoms with E-state index in [1.165, 1.54) is 5.56 Å². The Morgan fingerprint density at radius 1 is 1.06 bits per heavy atom. The molecule has 1 unspecified atom stereocenters. The molecule has 3 heterocycles. The lowest BCUT2D eigenvalue weighted by Gasteiger charge is -2.34. The van der Waals surface area contributed by atoms with E-state index < -0.39 is 0 Å². The lowest BCUT2D eigenvalue weighted by Crippen LogP contribution is -2.38. The average molecular weight is 458 g/mol. The van der Waals surface area contributed by atoms with Gasteiger partial charge in [0.1, 0.15) is 0 Å². The summed E-state index contributed by atoms with van der Waals surface area (Å²) < 4.78 is 12.8. The van der Waals surface area contributed by atoms with E-state index in [1.54, 1.807) is 23.3 Å². The standard InChI is InChI=1S/C25H27N7O2/c1-25(2,15-18-6-4-3-5-7-18)23(28-11-10-19-16-26-12-13-27-19)24-29-30-31-32(24)20-8-9-21-22(14-20)34-17-33-21/h3-9,12-14,16,23,28H,10-11,15,17H2,1-2H3. The second-order valence-electron chi connectivity index (χ2n) is 8.97. The summed E-state index contributed by atoms with van der Waals surface area (Å²) >= 11 is 0. The van der Waals surface area contributed by atoms with Gasteiger partial charge in [-0.05, 0) is 40.0 Å². The van der Waals surface area contributed by atoms with Crippen LogP contribution in [0.25, 0.3) is 5.69 Å². The van der Waals surface area contributed by atoms with Gasteiger partial charge in [0, 0.05) is 37.6 Å². The van der Waals surface area contributed by atoms with Gasteiger partial charge in [-0.3, -0.25) is 9.97 Å². The predicted octanol–water partition coefficient (Wildman–Crippen LogP) is 3.32. The van der Waals surface area contributed by atoms with Gasteiger partial charge in [0.2, 0.25) is 6.79 Å². The number of nitrogens with zero attached hydrogens (tertiary/aromatic N) is 6. The Morgan fingerprint density at radius 2 is 1.91 bits per heavy atom. The summed E-state index contributed by atoms with van der Waals surface area (Å²) in [5.74, 6) is 2.15. The Hall–Kier alpha value is -3.85. The molecule has 1 aliphatic heterocycles. The molecule has 1 aliphatic rings. The van der Waals surface area contributed by atoms with E-state index in [1.807, 2.05) is 24.3 Å². The highest BCUT2D eigenvalue weighted by Gasteiger charge is 2.35. The van der Waals surface area contributed by atoms with Gasteiger partial charge in [-0.25, -0.2) is 0 Å². The van der Waals surface area contributed by atoms with Crippen molar-refractivity contribution < 1.29 is 9.47 Å². The fourth-order valence-corrected chi connectivity index (χ4v) is 4.32. The molecular weight excluding hydrogens is 430 g/mol. The molecule has 0 aliphatic carbocycles. The number of tetrazole rings is 1. The zero-order valence-electron chi connectivity index (χ0n) is 19.3. The first-order valence-electron chi connectivity index (χ1n) is 11.3. The van der Waals surface area contributed by atoms with E-state index in [2.05, 4.69) is 68.9 Å². The summed E-state index contributed by atoms with van der Waals surface area (Å²) in [6, 6.07) is 16.1. The van der Waals surface area contributed by atoms with Crippen molar-refractivity contribution >= 4 is 0 Å². The van der Waals surface area contributed by atoms with Gasteiger partial charge in [-0.1, -0.05) is 44.2 Å². The van der Waals surface area contributed by atoms with Gasteiger partial charge >= 0.3 is 0 Å². The van der Waals surface area contributed by atoms with Crippen LogP contribution in [0.5, 0.6) is 11.5 Å². The zero-order chi connectivity index (χ0) is 23.4. The number of aromatic nitrogens is 6. The molecule has 34 heavy (non-hydrogen) atoms. The first-order chi connectivity index (χ1) is 16.6. The van der Waals surface area contributed by atoms with Crippen LogP contribution in [-0.4, -0.2) is 43.5 Å². The molecule has 0 amide bonds. The quantitative estimate of drug-likeness (QED) is 0.409. The smallest absolute Gasteiger partial charge is 0.231 e. The van der Waals surface area contributed by atoms with Gasteiger partial charge in [0.05, 0.1) is 17.4 Å². The van der Waals surface area contributed by atoms with Crippen molar-refractivity contribution in [2.75, 3.05) is 13.3 Å². The molecule has 0 bridgehead atoms. The lowest BCUT2D eigenvalue weighted by molar-refractivity contribution is 0.174. The Kier molecular flexibility index (Phi) is 6.18. The Morgan fingerprint density at radius 3 is 2.74 bits per heavy atom. The summed E-state index contributed by atoms with van der Waals surface area (Å²) in [6.45, 7) is 5.39. The van der Waals surface area contributed by atoms with Crippen molar-refractivity contribution in [3.8, 4) is 17.2 Å². The van der Waals surface area contributed by atoms with Crippen molar-refractivity contribution in [1.29, 1.82) is 0 Å². The van der Waals surface area contributed by atoms with Crippen LogP contribution in [-0.2, 0) is 12.8 Å². The number of ether oxygens (including phenoxy) is 2. The first-order valence-corrected chi connectivity index (χ1v) is 11.3. The van der Waals surface area contributed by atoms with E-state index in [9.17, 15) is 0 Å². The minimum atomic E-state index is -0.202. The van der Waals surface area contributed by atoms with Crippen molar-refractivity contribution in [3.63, 3.8) is 0 Å². The maximum atomic E-state index is 5.57. The molecule has 9 heteroatoms. The van der Waals surface area contributed by atoms with Gasteiger partial charge in [-0.15, -0.1) is 5.10 Å². The monoisotopic (exact) mass is 457 g/mol. The maximum absolute atomic E-state index is 5.57. The van der Waals surface area contributed by atoms with E-state index in [4.69, 9.17) is 9.47 Å². The summed E-state index contributed by atoms with van der Waals surface area (Å²) in [5, 5.41) is 16.5. The van der Waals surface area contributed by atoms with Crippen LogP contribution >= 0.6 is 0 Å². The molecule has 0 fully saturated rings. The van der Waals surface area contributed by atoms with Crippen LogP contribution in [0, 0.1) is 5.41 Å². The molecule has 4 aromatic rings. The number of rotatable bonds is 9. The van der Waals surface area contributed by atoms with Crippen molar-refractivity contribution in [2.45, 2.75) is 32.7 Å². The van der Waals surface area contributed by atoms with Crippen molar-refractivity contribution in [3.05, 3.63) is 84.2 Å².